The van der Waals surface area contributed by atoms with Crippen molar-refractivity contribution in [2.45, 2.75) is 20.8 Å². The van der Waals surface area contributed by atoms with Crippen LogP contribution >= 0.6 is 11.6 Å². The van der Waals surface area contributed by atoms with Crippen molar-refractivity contribution in [3.63, 3.8) is 0 Å². The van der Waals surface area contributed by atoms with Gasteiger partial charge in [-0.1, -0.05) is 25.4 Å². The van der Waals surface area contributed by atoms with E-state index in [1.54, 1.807) is 6.92 Å². The zero-order chi connectivity index (χ0) is 10.3. The summed E-state index contributed by atoms with van der Waals surface area (Å²) in [6.45, 7) is 6.15. The van der Waals surface area contributed by atoms with Gasteiger partial charge in [0.25, 0.3) is 0 Å². The number of hydrogen-bond donors (Lipinski definition) is 0. The van der Waals surface area contributed by atoms with Gasteiger partial charge in [0.1, 0.15) is 0 Å². The van der Waals surface area contributed by atoms with E-state index in [1.807, 2.05) is 13.8 Å². The Morgan fingerprint density at radius 2 is 2.15 bits per heavy atom. The quantitative estimate of drug-likeness (QED) is 0.739. The SMILES string of the molecule is CC.CCOc1ncc(Cl)cc1F. The summed E-state index contributed by atoms with van der Waals surface area (Å²) in [6.07, 6.45) is 1.34. The van der Waals surface area contributed by atoms with E-state index in [1.165, 1.54) is 12.3 Å². The van der Waals surface area contributed by atoms with Crippen LogP contribution in [0.3, 0.4) is 0 Å². The number of pyridine rings is 1. The molecule has 0 unspecified atom stereocenters. The Bertz CT molecular complexity index is 255. The van der Waals surface area contributed by atoms with E-state index in [4.69, 9.17) is 16.3 Å². The minimum absolute atomic E-state index is 0.00287. The fourth-order valence-electron chi connectivity index (χ4n) is 0.645. The van der Waals surface area contributed by atoms with E-state index in [0.29, 0.717) is 6.61 Å². The molecular weight excluding hydrogens is 193 g/mol. The van der Waals surface area contributed by atoms with Crippen LogP contribution in [-0.2, 0) is 0 Å². The molecule has 0 bridgehead atoms. The molecule has 0 aliphatic rings. The normalized spacial score (nSPS) is 8.69. The maximum Gasteiger partial charge on any atom is 0.250 e. The lowest BCUT2D eigenvalue weighted by molar-refractivity contribution is 0.307. The van der Waals surface area contributed by atoms with Crippen LogP contribution in [0.1, 0.15) is 20.8 Å². The van der Waals surface area contributed by atoms with E-state index in [0.717, 1.165) is 0 Å². The Balaban J connectivity index is 0.000000671. The van der Waals surface area contributed by atoms with Crippen molar-refractivity contribution in [1.29, 1.82) is 0 Å². The minimum Gasteiger partial charge on any atom is -0.476 e. The first-order valence-electron chi connectivity index (χ1n) is 4.18. The number of halogens is 2. The van der Waals surface area contributed by atoms with Crippen LogP contribution in [0.2, 0.25) is 5.02 Å². The number of hydrogen-bond acceptors (Lipinski definition) is 2. The van der Waals surface area contributed by atoms with E-state index in [9.17, 15) is 4.39 Å². The van der Waals surface area contributed by atoms with Crippen molar-refractivity contribution in [3.05, 3.63) is 23.1 Å². The van der Waals surface area contributed by atoms with Crippen molar-refractivity contribution in [2.75, 3.05) is 6.61 Å². The molecule has 1 aromatic heterocycles. The molecule has 0 aromatic carbocycles. The van der Waals surface area contributed by atoms with E-state index in [-0.39, 0.29) is 10.9 Å². The third kappa shape index (κ3) is 4.08. The van der Waals surface area contributed by atoms with Crippen molar-refractivity contribution < 1.29 is 9.13 Å². The number of nitrogens with zero attached hydrogens (tertiary/aromatic N) is 1. The summed E-state index contributed by atoms with van der Waals surface area (Å²) in [6, 6.07) is 1.17. The van der Waals surface area contributed by atoms with Crippen LogP contribution in [0.15, 0.2) is 12.3 Å². The third-order valence-corrected chi connectivity index (χ3v) is 1.26. The molecule has 0 saturated carbocycles. The highest BCUT2D eigenvalue weighted by atomic mass is 35.5. The van der Waals surface area contributed by atoms with Crippen LogP contribution in [0.4, 0.5) is 4.39 Å². The van der Waals surface area contributed by atoms with E-state index in [2.05, 4.69) is 4.98 Å². The first kappa shape index (κ1) is 12.2. The van der Waals surface area contributed by atoms with Crippen molar-refractivity contribution in [2.24, 2.45) is 0 Å². The lowest BCUT2D eigenvalue weighted by atomic mass is 10.4. The zero-order valence-corrected chi connectivity index (χ0v) is 8.73. The highest BCUT2D eigenvalue weighted by Crippen LogP contribution is 2.16. The zero-order valence-electron chi connectivity index (χ0n) is 7.97. The van der Waals surface area contributed by atoms with Gasteiger partial charge < -0.3 is 4.74 Å². The molecule has 0 aliphatic carbocycles. The summed E-state index contributed by atoms with van der Waals surface area (Å²) in [5.74, 6) is -0.531. The highest BCUT2D eigenvalue weighted by Gasteiger charge is 2.03. The average Bonchev–Trinajstić information content (AvgIpc) is 2.14. The van der Waals surface area contributed by atoms with Crippen LogP contribution in [0.5, 0.6) is 5.88 Å². The second-order valence-electron chi connectivity index (χ2n) is 1.87. The van der Waals surface area contributed by atoms with Gasteiger partial charge in [0.2, 0.25) is 5.88 Å². The van der Waals surface area contributed by atoms with Gasteiger partial charge in [-0.15, -0.1) is 0 Å². The predicted octanol–water partition coefficient (Wildman–Crippen LogP) is 3.30. The summed E-state index contributed by atoms with van der Waals surface area (Å²) in [7, 11) is 0. The van der Waals surface area contributed by atoms with Gasteiger partial charge in [-0.25, -0.2) is 9.37 Å². The number of rotatable bonds is 2. The van der Waals surface area contributed by atoms with Gasteiger partial charge in [0.05, 0.1) is 11.6 Å². The third-order valence-electron chi connectivity index (χ3n) is 1.06. The van der Waals surface area contributed by atoms with Crippen LogP contribution < -0.4 is 4.74 Å². The Labute approximate surface area is 82.7 Å². The number of aromatic nitrogens is 1. The first-order valence-corrected chi connectivity index (χ1v) is 4.55. The molecule has 0 fully saturated rings. The topological polar surface area (TPSA) is 22.1 Å². The van der Waals surface area contributed by atoms with Crippen molar-refractivity contribution in [3.8, 4) is 5.88 Å². The molecule has 0 amide bonds. The average molecular weight is 206 g/mol. The molecule has 1 heterocycles. The van der Waals surface area contributed by atoms with Crippen molar-refractivity contribution in [1.82, 2.24) is 4.98 Å². The molecule has 0 atom stereocenters. The fourth-order valence-corrected chi connectivity index (χ4v) is 0.790. The molecule has 13 heavy (non-hydrogen) atoms. The maximum atomic E-state index is 12.8. The van der Waals surface area contributed by atoms with Gasteiger partial charge in [-0.3, -0.25) is 0 Å². The Kier molecular flexibility index (Phi) is 6.24. The molecule has 2 nitrogen and oxygen atoms in total. The molecule has 1 rings (SSSR count). The Morgan fingerprint density at radius 3 is 2.62 bits per heavy atom. The number of ether oxygens (including phenoxy) is 1. The minimum atomic E-state index is -0.528. The summed E-state index contributed by atoms with van der Waals surface area (Å²) < 4.78 is 17.6. The van der Waals surface area contributed by atoms with Crippen LogP contribution in [-0.4, -0.2) is 11.6 Å². The summed E-state index contributed by atoms with van der Waals surface area (Å²) in [5, 5.41) is 0.269. The second-order valence-corrected chi connectivity index (χ2v) is 2.31. The second kappa shape index (κ2) is 6.66. The standard InChI is InChI=1S/C7H7ClFNO.C2H6/c1-2-11-7-6(9)3-5(8)4-10-7;1-2/h3-4H,2H2,1H3;1-2H3. The molecule has 0 radical (unpaired) electrons. The molecular formula is C9H13ClFNO. The largest absolute Gasteiger partial charge is 0.476 e. The molecule has 0 aliphatic heterocycles. The fraction of sp³-hybridized carbons (Fsp3) is 0.444. The van der Waals surface area contributed by atoms with Crippen LogP contribution in [0, 0.1) is 5.82 Å². The summed E-state index contributed by atoms with van der Waals surface area (Å²) in [4.78, 5) is 3.64. The monoisotopic (exact) mass is 205 g/mol. The predicted molar refractivity (Wildman–Crippen MR) is 51.7 cm³/mol. The summed E-state index contributed by atoms with van der Waals surface area (Å²) >= 11 is 5.46. The van der Waals surface area contributed by atoms with Gasteiger partial charge in [-0.05, 0) is 13.0 Å². The molecule has 1 aromatic rings. The van der Waals surface area contributed by atoms with Gasteiger partial charge in [0, 0.05) is 6.20 Å². The smallest absolute Gasteiger partial charge is 0.250 e. The lowest BCUT2D eigenvalue weighted by Crippen LogP contribution is -1.96. The maximum absolute atomic E-state index is 12.8. The molecule has 0 spiro atoms. The van der Waals surface area contributed by atoms with Crippen LogP contribution in [0.25, 0.3) is 0 Å². The Morgan fingerprint density at radius 1 is 1.54 bits per heavy atom. The van der Waals surface area contributed by atoms with Gasteiger partial charge >= 0.3 is 0 Å². The first-order chi connectivity index (χ1) is 6.24. The van der Waals surface area contributed by atoms with Gasteiger partial charge in [-0.2, -0.15) is 0 Å². The molecule has 4 heteroatoms. The Hall–Kier alpha value is -0.830. The van der Waals surface area contributed by atoms with E-state index < -0.39 is 5.82 Å². The highest BCUT2D eigenvalue weighted by molar-refractivity contribution is 6.30. The van der Waals surface area contributed by atoms with E-state index >= 15 is 0 Å². The molecule has 0 N–H and O–H groups in total. The van der Waals surface area contributed by atoms with Gasteiger partial charge in [0.15, 0.2) is 5.82 Å². The lowest BCUT2D eigenvalue weighted by Gasteiger charge is -2.01. The molecule has 74 valence electrons. The molecule has 0 saturated heterocycles. The summed E-state index contributed by atoms with van der Waals surface area (Å²) in [5.41, 5.74) is 0. The van der Waals surface area contributed by atoms with Crippen molar-refractivity contribution >= 4 is 11.6 Å².